The summed E-state index contributed by atoms with van der Waals surface area (Å²) in [4.78, 5) is 25.3. The van der Waals surface area contributed by atoms with Crippen molar-refractivity contribution in [2.24, 2.45) is 0 Å². The van der Waals surface area contributed by atoms with Crippen molar-refractivity contribution in [1.29, 1.82) is 0 Å². The summed E-state index contributed by atoms with van der Waals surface area (Å²) in [7, 11) is 0. The standard InChI is InChI=1S/C5H10O5.C4H3IN2O2/c6-1-2-3(7)4(8)5(9)10-2;5-2-1-6-4(9)7-3(2)8/h2-9H,1H2;1H,(H2,6,7,8,9)/t2-,3-,4+,5?;/m1./s1. The van der Waals surface area contributed by atoms with E-state index >= 15 is 0 Å². The number of rotatable bonds is 1. The van der Waals surface area contributed by atoms with Crippen molar-refractivity contribution in [3.8, 4) is 0 Å². The number of aromatic amines is 2. The topological polar surface area (TPSA) is 156 Å². The van der Waals surface area contributed by atoms with Crippen LogP contribution in [0, 0.1) is 3.57 Å². The van der Waals surface area contributed by atoms with Crippen molar-refractivity contribution >= 4 is 22.6 Å². The van der Waals surface area contributed by atoms with Crippen LogP contribution in [-0.4, -0.2) is 61.6 Å². The fourth-order valence-corrected chi connectivity index (χ4v) is 1.56. The maximum absolute atomic E-state index is 10.6. The third kappa shape index (κ3) is 4.36. The van der Waals surface area contributed by atoms with Crippen molar-refractivity contribution < 1.29 is 25.2 Å². The highest BCUT2D eigenvalue weighted by atomic mass is 127. The molecule has 9 nitrogen and oxygen atoms in total. The minimum Gasteiger partial charge on any atom is -0.394 e. The zero-order chi connectivity index (χ0) is 14.6. The largest absolute Gasteiger partial charge is 0.394 e. The van der Waals surface area contributed by atoms with Crippen LogP contribution < -0.4 is 11.2 Å². The van der Waals surface area contributed by atoms with Gasteiger partial charge in [0.25, 0.3) is 5.56 Å². The molecular weight excluding hydrogens is 375 g/mol. The Morgan fingerprint density at radius 3 is 2.21 bits per heavy atom. The Balaban J connectivity index is 0.000000191. The average Bonchev–Trinajstić information content (AvgIpc) is 2.62. The lowest BCUT2D eigenvalue weighted by atomic mass is 10.1. The monoisotopic (exact) mass is 388 g/mol. The number of H-pyrrole nitrogens is 2. The Morgan fingerprint density at radius 2 is 1.89 bits per heavy atom. The summed E-state index contributed by atoms with van der Waals surface area (Å²) in [6, 6.07) is 0. The highest BCUT2D eigenvalue weighted by molar-refractivity contribution is 14.1. The number of nitrogens with one attached hydrogen (secondary N) is 2. The molecule has 4 atom stereocenters. The highest BCUT2D eigenvalue weighted by Crippen LogP contribution is 2.18. The van der Waals surface area contributed by atoms with Gasteiger partial charge in [0.05, 0.1) is 10.2 Å². The van der Waals surface area contributed by atoms with E-state index in [1.165, 1.54) is 6.20 Å². The first-order valence-electron chi connectivity index (χ1n) is 5.15. The van der Waals surface area contributed by atoms with E-state index in [2.05, 4.69) is 14.7 Å². The van der Waals surface area contributed by atoms with Gasteiger partial charge in [0.15, 0.2) is 6.29 Å². The minimum atomic E-state index is -1.38. The van der Waals surface area contributed by atoms with Gasteiger partial charge in [-0.1, -0.05) is 0 Å². The fourth-order valence-electron chi connectivity index (χ4n) is 1.27. The molecule has 1 aliphatic heterocycles. The van der Waals surface area contributed by atoms with Crippen LogP contribution in [-0.2, 0) is 4.74 Å². The maximum atomic E-state index is 10.6. The smallest absolute Gasteiger partial charge is 0.325 e. The van der Waals surface area contributed by atoms with Gasteiger partial charge in [0.1, 0.15) is 18.3 Å². The Kier molecular flexibility index (Phi) is 6.09. The Morgan fingerprint density at radius 1 is 1.26 bits per heavy atom. The molecule has 108 valence electrons. The van der Waals surface area contributed by atoms with Crippen LogP contribution in [0.1, 0.15) is 0 Å². The number of aromatic nitrogens is 2. The summed E-state index contributed by atoms with van der Waals surface area (Å²) >= 11 is 1.83. The quantitative estimate of drug-likeness (QED) is 0.282. The maximum Gasteiger partial charge on any atom is 0.325 e. The molecule has 1 unspecified atom stereocenters. The lowest BCUT2D eigenvalue weighted by molar-refractivity contribution is -0.132. The number of aliphatic hydroxyl groups is 4. The van der Waals surface area contributed by atoms with Gasteiger partial charge in [-0.3, -0.25) is 9.78 Å². The first kappa shape index (κ1) is 16.3. The normalized spacial score (nSPS) is 29.7. The Bertz CT molecular complexity index is 516. The van der Waals surface area contributed by atoms with E-state index in [0.717, 1.165) is 0 Å². The summed E-state index contributed by atoms with van der Waals surface area (Å²) in [5.41, 5.74) is -0.820. The number of aliphatic hydroxyl groups excluding tert-OH is 4. The van der Waals surface area contributed by atoms with Gasteiger partial charge in [-0.05, 0) is 22.6 Å². The van der Waals surface area contributed by atoms with E-state index in [-0.39, 0.29) is 5.56 Å². The van der Waals surface area contributed by atoms with Gasteiger partial charge in [0, 0.05) is 6.20 Å². The third-order valence-corrected chi connectivity index (χ3v) is 3.09. The van der Waals surface area contributed by atoms with Crippen LogP contribution in [0.5, 0.6) is 0 Å². The second-order valence-corrected chi connectivity index (χ2v) is 4.81. The predicted octanol–water partition coefficient (Wildman–Crippen LogP) is -2.91. The second-order valence-electron chi connectivity index (χ2n) is 3.65. The Labute approximate surface area is 120 Å². The fraction of sp³-hybridized carbons (Fsp3) is 0.556. The molecule has 10 heteroatoms. The lowest BCUT2D eigenvalue weighted by Crippen LogP contribution is -2.33. The number of ether oxygens (including phenoxy) is 1. The summed E-state index contributed by atoms with van der Waals surface area (Å²) < 4.78 is 5.02. The number of hydrogen-bond donors (Lipinski definition) is 6. The van der Waals surface area contributed by atoms with Crippen molar-refractivity contribution in [1.82, 2.24) is 9.97 Å². The van der Waals surface area contributed by atoms with Crippen molar-refractivity contribution in [2.45, 2.75) is 24.6 Å². The molecule has 2 heterocycles. The molecule has 6 N–H and O–H groups in total. The molecule has 1 saturated heterocycles. The number of halogens is 1. The minimum absolute atomic E-state index is 0.348. The van der Waals surface area contributed by atoms with E-state index in [1.807, 2.05) is 22.6 Å². The molecule has 0 amide bonds. The first-order chi connectivity index (χ1) is 8.86. The molecule has 19 heavy (non-hydrogen) atoms. The molecule has 1 aromatic heterocycles. The molecule has 1 fully saturated rings. The molecule has 0 aromatic carbocycles. The molecule has 1 aliphatic rings. The molecule has 0 spiro atoms. The summed E-state index contributed by atoms with van der Waals surface area (Å²) in [5, 5.41) is 35.0. The molecule has 0 saturated carbocycles. The SMILES string of the molecule is O=c1[nH]cc(I)c(=O)[nH]1.OC[C@H]1OC(O)[C@@H](O)[C@@H]1O. The second kappa shape index (κ2) is 7.12. The van der Waals surface area contributed by atoms with Crippen LogP contribution in [0.15, 0.2) is 15.8 Å². The van der Waals surface area contributed by atoms with Crippen molar-refractivity contribution in [3.05, 3.63) is 30.6 Å². The van der Waals surface area contributed by atoms with Crippen LogP contribution in [0.25, 0.3) is 0 Å². The van der Waals surface area contributed by atoms with Gasteiger partial charge in [-0.25, -0.2) is 4.79 Å². The van der Waals surface area contributed by atoms with Crippen LogP contribution in [0.2, 0.25) is 0 Å². The Hall–Kier alpha value is -0.790. The predicted molar refractivity (Wildman–Crippen MR) is 70.4 cm³/mol. The molecule has 2 rings (SSSR count). The first-order valence-corrected chi connectivity index (χ1v) is 6.22. The molecule has 0 aliphatic carbocycles. The zero-order valence-corrected chi connectivity index (χ0v) is 11.6. The van der Waals surface area contributed by atoms with E-state index in [0.29, 0.717) is 3.57 Å². The van der Waals surface area contributed by atoms with Gasteiger partial charge in [-0.15, -0.1) is 0 Å². The highest BCUT2D eigenvalue weighted by Gasteiger charge is 2.41. The van der Waals surface area contributed by atoms with Gasteiger partial charge in [-0.2, -0.15) is 0 Å². The van der Waals surface area contributed by atoms with E-state index in [9.17, 15) is 9.59 Å². The van der Waals surface area contributed by atoms with Crippen LogP contribution >= 0.6 is 22.6 Å². The van der Waals surface area contributed by atoms with Crippen LogP contribution in [0.4, 0.5) is 0 Å². The molecule has 1 aromatic rings. The lowest BCUT2D eigenvalue weighted by Gasteiger charge is -2.09. The van der Waals surface area contributed by atoms with Gasteiger partial charge in [0.2, 0.25) is 0 Å². The van der Waals surface area contributed by atoms with Crippen LogP contribution in [0.3, 0.4) is 0 Å². The van der Waals surface area contributed by atoms with E-state index < -0.39 is 36.9 Å². The molecular formula is C9H13IN2O7. The number of hydrogen-bond acceptors (Lipinski definition) is 7. The molecule has 0 bridgehead atoms. The molecule has 0 radical (unpaired) electrons. The summed E-state index contributed by atoms with van der Waals surface area (Å²) in [5.74, 6) is 0. The zero-order valence-electron chi connectivity index (χ0n) is 9.49. The third-order valence-electron chi connectivity index (χ3n) is 2.29. The van der Waals surface area contributed by atoms with Gasteiger partial charge < -0.3 is 30.1 Å². The van der Waals surface area contributed by atoms with E-state index in [4.69, 9.17) is 20.4 Å². The van der Waals surface area contributed by atoms with Gasteiger partial charge >= 0.3 is 5.69 Å². The summed E-state index contributed by atoms with van der Waals surface area (Å²) in [6.45, 7) is -0.407. The van der Waals surface area contributed by atoms with Crippen molar-refractivity contribution in [3.63, 3.8) is 0 Å². The summed E-state index contributed by atoms with van der Waals surface area (Å²) in [6.07, 6.45) is -3.39. The average molecular weight is 388 g/mol. The van der Waals surface area contributed by atoms with Crippen molar-refractivity contribution in [2.75, 3.05) is 6.61 Å². The van der Waals surface area contributed by atoms with E-state index in [1.54, 1.807) is 0 Å².